The first-order valence-corrected chi connectivity index (χ1v) is 10.4. The molecule has 4 rings (SSSR count). The van der Waals surface area contributed by atoms with Crippen LogP contribution in [0.1, 0.15) is 28.2 Å². The van der Waals surface area contributed by atoms with Crippen LogP contribution < -0.4 is 5.56 Å². The van der Waals surface area contributed by atoms with Crippen LogP contribution >= 0.6 is 27.3 Å². The number of pyridine rings is 1. The summed E-state index contributed by atoms with van der Waals surface area (Å²) in [4.78, 5) is 43.9. The van der Waals surface area contributed by atoms with Gasteiger partial charge in [-0.3, -0.25) is 14.0 Å². The number of carbonyl (C=O) groups excluding carboxylic acids is 2. The summed E-state index contributed by atoms with van der Waals surface area (Å²) in [5.74, 6) is -0.623. The monoisotopic (exact) mass is 461 g/mol. The lowest BCUT2D eigenvalue weighted by atomic mass is 10.2. The average Bonchev–Trinajstić information content (AvgIpc) is 3.38. The lowest BCUT2D eigenvalue weighted by Gasteiger charge is -2.22. The minimum Gasteiger partial charge on any atom is -0.458 e. The second kappa shape index (κ2) is 7.84. The predicted octanol–water partition coefficient (Wildman–Crippen LogP) is 2.87. The maximum Gasteiger partial charge on any atom is 0.329 e. The minimum absolute atomic E-state index is 0.113. The number of rotatable bonds is 4. The van der Waals surface area contributed by atoms with E-state index in [2.05, 4.69) is 20.9 Å². The van der Waals surface area contributed by atoms with Crippen molar-refractivity contribution in [3.8, 4) is 0 Å². The van der Waals surface area contributed by atoms with Crippen LogP contribution in [-0.2, 0) is 16.1 Å². The van der Waals surface area contributed by atoms with Crippen LogP contribution in [0.15, 0.2) is 51.2 Å². The number of fused-ring (bicyclic) bond motifs is 1. The highest BCUT2D eigenvalue weighted by atomic mass is 79.9. The van der Waals surface area contributed by atoms with E-state index in [1.165, 1.54) is 21.8 Å². The summed E-state index contributed by atoms with van der Waals surface area (Å²) in [6.45, 7) is 0.416. The van der Waals surface area contributed by atoms with Crippen molar-refractivity contribution in [2.24, 2.45) is 0 Å². The van der Waals surface area contributed by atoms with E-state index in [9.17, 15) is 14.4 Å². The van der Waals surface area contributed by atoms with Gasteiger partial charge in [0, 0.05) is 23.3 Å². The van der Waals surface area contributed by atoms with Crippen molar-refractivity contribution in [1.29, 1.82) is 0 Å². The first-order valence-electron chi connectivity index (χ1n) is 8.72. The van der Waals surface area contributed by atoms with Crippen LogP contribution in [0.3, 0.4) is 0 Å². The third-order valence-corrected chi connectivity index (χ3v) is 5.88. The molecule has 1 unspecified atom stereocenters. The molecule has 0 spiro atoms. The molecule has 0 aromatic carbocycles. The maximum atomic E-state index is 12.6. The predicted molar refractivity (Wildman–Crippen MR) is 107 cm³/mol. The first kappa shape index (κ1) is 18.8. The Bertz CT molecular complexity index is 1100. The summed E-state index contributed by atoms with van der Waals surface area (Å²) >= 11 is 4.67. The summed E-state index contributed by atoms with van der Waals surface area (Å²) in [6.07, 6.45) is 2.95. The normalized spacial score (nSPS) is 16.5. The van der Waals surface area contributed by atoms with Gasteiger partial charge in [0.2, 0.25) is 0 Å². The Labute approximate surface area is 172 Å². The van der Waals surface area contributed by atoms with Gasteiger partial charge in [-0.15, -0.1) is 11.3 Å². The fourth-order valence-electron chi connectivity index (χ4n) is 3.24. The molecule has 28 heavy (non-hydrogen) atoms. The molecule has 1 aliphatic heterocycles. The molecule has 144 valence electrons. The summed E-state index contributed by atoms with van der Waals surface area (Å²) in [6, 6.07) is 7.78. The summed E-state index contributed by atoms with van der Waals surface area (Å²) in [5.41, 5.74) is 0.583. The van der Waals surface area contributed by atoms with Gasteiger partial charge in [0.15, 0.2) is 0 Å². The molecule has 1 aliphatic rings. The van der Waals surface area contributed by atoms with Crippen molar-refractivity contribution in [2.75, 3.05) is 6.54 Å². The highest BCUT2D eigenvalue weighted by molar-refractivity contribution is 9.10. The number of amides is 1. The van der Waals surface area contributed by atoms with Crippen LogP contribution in [0.25, 0.3) is 5.65 Å². The maximum absolute atomic E-state index is 12.6. The number of carbonyl (C=O) groups is 2. The molecule has 9 heteroatoms. The standard InChI is InChI=1S/C19H16BrN3O4S/c20-12-5-6-16-21-13(9-17(24)23(16)10-12)11-27-19(26)14-3-1-7-22(14)18(25)15-4-2-8-28-15/h2,4-6,8-10,14H,1,3,7,11H2. The van der Waals surface area contributed by atoms with Gasteiger partial charge in [0.1, 0.15) is 18.3 Å². The van der Waals surface area contributed by atoms with E-state index >= 15 is 0 Å². The van der Waals surface area contributed by atoms with E-state index in [1.807, 2.05) is 11.4 Å². The minimum atomic E-state index is -0.605. The molecule has 0 saturated carbocycles. The molecule has 3 aromatic heterocycles. The third-order valence-electron chi connectivity index (χ3n) is 4.56. The fraction of sp³-hybridized carbons (Fsp3) is 0.263. The molecule has 1 saturated heterocycles. The zero-order valence-corrected chi connectivity index (χ0v) is 17.1. The molecule has 0 radical (unpaired) electrons. The van der Waals surface area contributed by atoms with Crippen molar-refractivity contribution >= 4 is 44.8 Å². The number of likely N-dealkylation sites (tertiary alicyclic amines) is 1. The van der Waals surface area contributed by atoms with Crippen LogP contribution in [0.2, 0.25) is 0 Å². The van der Waals surface area contributed by atoms with Gasteiger partial charge in [-0.25, -0.2) is 9.78 Å². The summed E-state index contributed by atoms with van der Waals surface area (Å²) < 4.78 is 7.56. The molecular weight excluding hydrogens is 446 g/mol. The van der Waals surface area contributed by atoms with Gasteiger partial charge < -0.3 is 9.64 Å². The van der Waals surface area contributed by atoms with E-state index < -0.39 is 12.0 Å². The van der Waals surface area contributed by atoms with Crippen LogP contribution in [0, 0.1) is 0 Å². The van der Waals surface area contributed by atoms with Crippen LogP contribution in [0.5, 0.6) is 0 Å². The molecule has 3 aromatic rings. The summed E-state index contributed by atoms with van der Waals surface area (Å²) in [5, 5.41) is 1.83. The number of nitrogens with zero attached hydrogens (tertiary/aromatic N) is 3. The molecule has 0 N–H and O–H groups in total. The zero-order valence-electron chi connectivity index (χ0n) is 14.7. The van der Waals surface area contributed by atoms with Gasteiger partial charge in [0.05, 0.1) is 10.6 Å². The van der Waals surface area contributed by atoms with E-state index in [4.69, 9.17) is 4.74 Å². The SMILES string of the molecule is O=C(OCc1cc(=O)n2cc(Br)ccc2n1)C1CCCN1C(=O)c1cccs1. The highest BCUT2D eigenvalue weighted by Gasteiger charge is 2.36. The van der Waals surface area contributed by atoms with Crippen molar-refractivity contribution in [3.63, 3.8) is 0 Å². The Morgan fingerprint density at radius 1 is 1.32 bits per heavy atom. The van der Waals surface area contributed by atoms with Crippen molar-refractivity contribution in [3.05, 3.63) is 67.3 Å². The van der Waals surface area contributed by atoms with E-state index in [1.54, 1.807) is 29.3 Å². The van der Waals surface area contributed by atoms with Crippen LogP contribution in [0.4, 0.5) is 0 Å². The van der Waals surface area contributed by atoms with Gasteiger partial charge in [0.25, 0.3) is 11.5 Å². The lowest BCUT2D eigenvalue weighted by molar-refractivity contribution is -0.149. The Balaban J connectivity index is 1.46. The number of hydrogen-bond acceptors (Lipinski definition) is 6. The van der Waals surface area contributed by atoms with Gasteiger partial charge in [-0.2, -0.15) is 0 Å². The second-order valence-electron chi connectivity index (χ2n) is 6.40. The molecule has 0 aliphatic carbocycles. The first-order chi connectivity index (χ1) is 13.5. The number of halogens is 1. The average molecular weight is 462 g/mol. The summed E-state index contributed by atoms with van der Waals surface area (Å²) in [7, 11) is 0. The molecule has 7 nitrogen and oxygen atoms in total. The van der Waals surface area contributed by atoms with Gasteiger partial charge in [-0.1, -0.05) is 6.07 Å². The molecule has 1 amide bonds. The van der Waals surface area contributed by atoms with E-state index in [0.717, 1.165) is 10.9 Å². The molecule has 0 bridgehead atoms. The molecular formula is C19H16BrN3O4S. The highest BCUT2D eigenvalue weighted by Crippen LogP contribution is 2.23. The van der Waals surface area contributed by atoms with Gasteiger partial charge >= 0.3 is 5.97 Å². The Hall–Kier alpha value is -2.52. The Morgan fingerprint density at radius 2 is 2.18 bits per heavy atom. The number of aromatic nitrogens is 2. The molecule has 1 atom stereocenters. The Morgan fingerprint density at radius 3 is 2.96 bits per heavy atom. The number of thiophene rings is 1. The second-order valence-corrected chi connectivity index (χ2v) is 8.27. The zero-order chi connectivity index (χ0) is 19.7. The number of esters is 1. The quantitative estimate of drug-likeness (QED) is 0.558. The number of hydrogen-bond donors (Lipinski definition) is 0. The van der Waals surface area contributed by atoms with Crippen molar-refractivity contribution in [2.45, 2.75) is 25.5 Å². The van der Waals surface area contributed by atoms with Crippen molar-refractivity contribution < 1.29 is 14.3 Å². The topological polar surface area (TPSA) is 81.0 Å². The molecule has 1 fully saturated rings. The van der Waals surface area contributed by atoms with Crippen LogP contribution in [-0.4, -0.2) is 38.7 Å². The molecule has 4 heterocycles. The lowest BCUT2D eigenvalue weighted by Crippen LogP contribution is -2.41. The van der Waals surface area contributed by atoms with E-state index in [-0.39, 0.29) is 18.1 Å². The van der Waals surface area contributed by atoms with Gasteiger partial charge in [-0.05, 0) is 52.4 Å². The van der Waals surface area contributed by atoms with E-state index in [0.29, 0.717) is 29.2 Å². The van der Waals surface area contributed by atoms with Crippen molar-refractivity contribution in [1.82, 2.24) is 14.3 Å². The number of ether oxygens (including phenoxy) is 1. The third kappa shape index (κ3) is 3.72. The Kier molecular flexibility index (Phi) is 5.27. The fourth-order valence-corrected chi connectivity index (χ4v) is 4.25. The smallest absolute Gasteiger partial charge is 0.329 e. The largest absolute Gasteiger partial charge is 0.458 e.